The van der Waals surface area contributed by atoms with Crippen molar-refractivity contribution < 1.29 is 19.1 Å². The van der Waals surface area contributed by atoms with Gasteiger partial charge in [-0.15, -0.1) is 0 Å². The van der Waals surface area contributed by atoms with Gasteiger partial charge in [0.1, 0.15) is 5.82 Å². The Kier molecular flexibility index (Phi) is 4.30. The van der Waals surface area contributed by atoms with E-state index in [-0.39, 0.29) is 11.9 Å². The minimum Gasteiger partial charge on any atom is -0.481 e. The number of carboxylic acid groups (broad SMARTS) is 1. The van der Waals surface area contributed by atoms with Gasteiger partial charge in [0.25, 0.3) is 0 Å². The van der Waals surface area contributed by atoms with Crippen LogP contribution < -0.4 is 5.32 Å². The van der Waals surface area contributed by atoms with Crippen LogP contribution in [0.2, 0.25) is 0 Å². The van der Waals surface area contributed by atoms with Crippen molar-refractivity contribution in [2.75, 3.05) is 0 Å². The molecule has 1 aliphatic carbocycles. The summed E-state index contributed by atoms with van der Waals surface area (Å²) in [6, 6.07) is 6.07. The first-order valence-corrected chi connectivity index (χ1v) is 7.11. The van der Waals surface area contributed by atoms with E-state index in [9.17, 15) is 14.0 Å². The highest BCUT2D eigenvalue weighted by Crippen LogP contribution is 2.29. The molecule has 0 unspecified atom stereocenters. The van der Waals surface area contributed by atoms with Crippen LogP contribution in [0.25, 0.3) is 0 Å². The standard InChI is InChI=1S/C16H20FNO3/c1-16(2,12-5-3-4-6-13(12)17)15(21)18-11-8-7-10(9-11)14(19)20/h3-6,10-11H,7-9H2,1-2H3,(H,18,21)(H,19,20)/t10-,11+/m1/s1. The lowest BCUT2D eigenvalue weighted by molar-refractivity contribution is -0.141. The first-order chi connectivity index (χ1) is 9.82. The summed E-state index contributed by atoms with van der Waals surface area (Å²) in [5, 5.41) is 11.8. The molecule has 1 amide bonds. The Morgan fingerprint density at radius 1 is 1.29 bits per heavy atom. The number of halogens is 1. The van der Waals surface area contributed by atoms with E-state index in [0.29, 0.717) is 24.8 Å². The maximum Gasteiger partial charge on any atom is 0.306 e. The smallest absolute Gasteiger partial charge is 0.306 e. The van der Waals surface area contributed by atoms with Crippen LogP contribution in [0.5, 0.6) is 0 Å². The minimum absolute atomic E-state index is 0.148. The molecule has 0 spiro atoms. The topological polar surface area (TPSA) is 66.4 Å². The van der Waals surface area contributed by atoms with E-state index in [1.807, 2.05) is 0 Å². The fraction of sp³-hybridized carbons (Fsp3) is 0.500. The zero-order chi connectivity index (χ0) is 15.6. The third-order valence-electron chi connectivity index (χ3n) is 4.23. The number of aliphatic carboxylic acids is 1. The lowest BCUT2D eigenvalue weighted by Crippen LogP contribution is -2.44. The first kappa shape index (κ1) is 15.5. The van der Waals surface area contributed by atoms with Crippen LogP contribution in [-0.4, -0.2) is 23.0 Å². The summed E-state index contributed by atoms with van der Waals surface area (Å²) in [4.78, 5) is 23.4. The average Bonchev–Trinajstić information content (AvgIpc) is 2.87. The molecular weight excluding hydrogens is 273 g/mol. The molecule has 0 saturated heterocycles. The molecule has 114 valence electrons. The number of rotatable bonds is 4. The molecule has 0 heterocycles. The zero-order valence-electron chi connectivity index (χ0n) is 12.2. The second-order valence-corrected chi connectivity index (χ2v) is 6.12. The van der Waals surface area contributed by atoms with E-state index in [4.69, 9.17) is 5.11 Å². The fourth-order valence-electron chi connectivity index (χ4n) is 2.79. The second-order valence-electron chi connectivity index (χ2n) is 6.12. The minimum atomic E-state index is -0.993. The highest BCUT2D eigenvalue weighted by molar-refractivity contribution is 5.87. The largest absolute Gasteiger partial charge is 0.481 e. The second kappa shape index (κ2) is 5.84. The van der Waals surface area contributed by atoms with Crippen molar-refractivity contribution in [2.45, 2.75) is 44.6 Å². The zero-order valence-corrected chi connectivity index (χ0v) is 12.2. The summed E-state index contributed by atoms with van der Waals surface area (Å²) in [6.45, 7) is 3.34. The Morgan fingerprint density at radius 3 is 2.52 bits per heavy atom. The van der Waals surface area contributed by atoms with Crippen molar-refractivity contribution in [3.8, 4) is 0 Å². The van der Waals surface area contributed by atoms with Gasteiger partial charge in [-0.3, -0.25) is 9.59 Å². The van der Waals surface area contributed by atoms with Crippen molar-refractivity contribution in [3.63, 3.8) is 0 Å². The third kappa shape index (κ3) is 3.23. The number of nitrogens with one attached hydrogen (secondary N) is 1. The number of carbonyl (C=O) groups is 2. The molecule has 1 aliphatic rings. The molecule has 1 fully saturated rings. The van der Waals surface area contributed by atoms with Crippen LogP contribution in [0.4, 0.5) is 4.39 Å². The SMILES string of the molecule is CC(C)(C(=O)N[C@H]1CC[C@@H](C(=O)O)C1)c1ccccc1F. The van der Waals surface area contributed by atoms with Gasteiger partial charge in [0.2, 0.25) is 5.91 Å². The first-order valence-electron chi connectivity index (χ1n) is 7.11. The molecule has 0 bridgehead atoms. The number of hydrogen-bond acceptors (Lipinski definition) is 2. The molecular formula is C16H20FNO3. The van der Waals surface area contributed by atoms with Crippen LogP contribution in [0.15, 0.2) is 24.3 Å². The summed E-state index contributed by atoms with van der Waals surface area (Å²) in [6.07, 6.45) is 1.66. The Hall–Kier alpha value is -1.91. The highest BCUT2D eigenvalue weighted by atomic mass is 19.1. The molecule has 1 aromatic carbocycles. The van der Waals surface area contributed by atoms with Crippen LogP contribution in [0, 0.1) is 11.7 Å². The van der Waals surface area contributed by atoms with Crippen LogP contribution in [-0.2, 0) is 15.0 Å². The number of benzene rings is 1. The van der Waals surface area contributed by atoms with E-state index in [0.717, 1.165) is 0 Å². The van der Waals surface area contributed by atoms with E-state index in [2.05, 4.69) is 5.32 Å². The van der Waals surface area contributed by atoms with Gasteiger partial charge < -0.3 is 10.4 Å². The number of carboxylic acids is 1. The molecule has 2 atom stereocenters. The van der Waals surface area contributed by atoms with Crippen molar-refractivity contribution in [1.29, 1.82) is 0 Å². The summed E-state index contributed by atoms with van der Waals surface area (Å²) < 4.78 is 13.9. The van der Waals surface area contributed by atoms with E-state index < -0.39 is 23.1 Å². The monoisotopic (exact) mass is 293 g/mol. The predicted octanol–water partition coefficient (Wildman–Crippen LogP) is 2.47. The summed E-state index contributed by atoms with van der Waals surface area (Å²) in [7, 11) is 0. The molecule has 5 heteroatoms. The summed E-state index contributed by atoms with van der Waals surface area (Å²) in [5.74, 6) is -1.90. The lowest BCUT2D eigenvalue weighted by Gasteiger charge is -2.26. The third-order valence-corrected chi connectivity index (χ3v) is 4.23. The molecule has 0 aromatic heterocycles. The molecule has 1 aromatic rings. The van der Waals surface area contributed by atoms with Gasteiger partial charge in [-0.1, -0.05) is 18.2 Å². The Morgan fingerprint density at radius 2 is 1.95 bits per heavy atom. The van der Waals surface area contributed by atoms with Gasteiger partial charge in [0.15, 0.2) is 0 Å². The Bertz CT molecular complexity index is 556. The van der Waals surface area contributed by atoms with Crippen molar-refractivity contribution in [3.05, 3.63) is 35.6 Å². The molecule has 0 aliphatic heterocycles. The molecule has 21 heavy (non-hydrogen) atoms. The maximum absolute atomic E-state index is 13.9. The van der Waals surface area contributed by atoms with Crippen molar-refractivity contribution in [1.82, 2.24) is 5.32 Å². The van der Waals surface area contributed by atoms with Gasteiger partial charge in [-0.2, -0.15) is 0 Å². The Labute approximate surface area is 123 Å². The molecule has 0 radical (unpaired) electrons. The summed E-state index contributed by atoms with van der Waals surface area (Å²) in [5.41, 5.74) is -0.651. The number of carbonyl (C=O) groups excluding carboxylic acids is 1. The van der Waals surface area contributed by atoms with Crippen LogP contribution >= 0.6 is 0 Å². The normalized spacial score (nSPS) is 22.0. The van der Waals surface area contributed by atoms with Gasteiger partial charge in [0.05, 0.1) is 11.3 Å². The average molecular weight is 293 g/mol. The van der Waals surface area contributed by atoms with Crippen molar-refractivity contribution in [2.24, 2.45) is 5.92 Å². The quantitative estimate of drug-likeness (QED) is 0.896. The predicted molar refractivity (Wildman–Crippen MR) is 76.3 cm³/mol. The van der Waals surface area contributed by atoms with E-state index in [1.165, 1.54) is 6.07 Å². The van der Waals surface area contributed by atoms with Crippen LogP contribution in [0.1, 0.15) is 38.7 Å². The molecule has 1 saturated carbocycles. The Balaban J connectivity index is 2.06. The van der Waals surface area contributed by atoms with Gasteiger partial charge in [0, 0.05) is 11.6 Å². The molecule has 2 rings (SSSR count). The number of hydrogen-bond donors (Lipinski definition) is 2. The van der Waals surface area contributed by atoms with Gasteiger partial charge >= 0.3 is 5.97 Å². The van der Waals surface area contributed by atoms with Crippen LogP contribution in [0.3, 0.4) is 0 Å². The van der Waals surface area contributed by atoms with E-state index in [1.54, 1.807) is 32.0 Å². The lowest BCUT2D eigenvalue weighted by atomic mass is 9.83. The number of amides is 1. The summed E-state index contributed by atoms with van der Waals surface area (Å²) >= 11 is 0. The highest BCUT2D eigenvalue weighted by Gasteiger charge is 2.36. The van der Waals surface area contributed by atoms with Gasteiger partial charge in [-0.25, -0.2) is 4.39 Å². The molecule has 4 nitrogen and oxygen atoms in total. The van der Waals surface area contributed by atoms with E-state index >= 15 is 0 Å². The fourth-order valence-corrected chi connectivity index (χ4v) is 2.79. The maximum atomic E-state index is 13.9. The van der Waals surface area contributed by atoms with Crippen molar-refractivity contribution >= 4 is 11.9 Å². The molecule has 2 N–H and O–H groups in total. The van der Waals surface area contributed by atoms with Gasteiger partial charge in [-0.05, 0) is 39.2 Å².